The van der Waals surface area contributed by atoms with Crippen LogP contribution in [0.1, 0.15) is 36.9 Å². The fraction of sp³-hybridized carbons (Fsp3) is 0.370. The molecular weight excluding hydrogens is 550 g/mol. The second kappa shape index (κ2) is 12.6. The Balaban J connectivity index is 1.83. The van der Waals surface area contributed by atoms with Gasteiger partial charge in [0, 0.05) is 30.4 Å². The summed E-state index contributed by atoms with van der Waals surface area (Å²) in [5, 5.41) is 17.1. The first kappa shape index (κ1) is 29.8. The van der Waals surface area contributed by atoms with Crippen LogP contribution in [-0.2, 0) is 14.8 Å². The summed E-state index contributed by atoms with van der Waals surface area (Å²) in [6.07, 6.45) is 4.50. The van der Waals surface area contributed by atoms with Gasteiger partial charge in [-0.3, -0.25) is 14.3 Å². The SMILES string of the molecule is COc1cccc(OC)c1-n1c(NS(=O)(=O)[C@H](C)[C@@H](OCC(C)O)c2ncc(C)cn2)nnc1-c1cncc(C)c1. The summed E-state index contributed by atoms with van der Waals surface area (Å²) >= 11 is 0. The molecule has 3 atom stereocenters. The molecule has 13 nitrogen and oxygen atoms in total. The lowest BCUT2D eigenvalue weighted by Gasteiger charge is -2.24. The van der Waals surface area contributed by atoms with Gasteiger partial charge in [0.15, 0.2) is 11.6 Å². The number of anilines is 1. The van der Waals surface area contributed by atoms with Crippen LogP contribution in [0.2, 0.25) is 0 Å². The van der Waals surface area contributed by atoms with E-state index in [2.05, 4.69) is 29.9 Å². The zero-order chi connectivity index (χ0) is 29.7. The van der Waals surface area contributed by atoms with Crippen molar-refractivity contribution in [3.8, 4) is 28.6 Å². The van der Waals surface area contributed by atoms with Crippen molar-refractivity contribution in [1.82, 2.24) is 29.7 Å². The molecule has 1 aromatic carbocycles. The van der Waals surface area contributed by atoms with Crippen LogP contribution in [0.5, 0.6) is 11.5 Å². The van der Waals surface area contributed by atoms with Crippen molar-refractivity contribution in [3.05, 3.63) is 66.0 Å². The predicted molar refractivity (Wildman–Crippen MR) is 152 cm³/mol. The van der Waals surface area contributed by atoms with Gasteiger partial charge in [-0.1, -0.05) is 6.07 Å². The third-order valence-corrected chi connectivity index (χ3v) is 7.84. The van der Waals surface area contributed by atoms with Crippen LogP contribution in [0.4, 0.5) is 5.95 Å². The molecule has 0 saturated heterocycles. The minimum absolute atomic E-state index is 0.116. The Morgan fingerprint density at radius 2 is 1.63 bits per heavy atom. The summed E-state index contributed by atoms with van der Waals surface area (Å²) in [5.41, 5.74) is 2.65. The highest BCUT2D eigenvalue weighted by atomic mass is 32.2. The van der Waals surface area contributed by atoms with Crippen molar-refractivity contribution in [3.63, 3.8) is 0 Å². The highest BCUT2D eigenvalue weighted by Gasteiger charge is 2.36. The number of sulfonamides is 1. The van der Waals surface area contributed by atoms with Crippen LogP contribution in [0.3, 0.4) is 0 Å². The Hall–Kier alpha value is -4.14. The number of aryl methyl sites for hydroxylation is 2. The van der Waals surface area contributed by atoms with E-state index < -0.39 is 27.5 Å². The molecule has 0 fully saturated rings. The standard InChI is InChI=1S/C27H33N7O6S/c1-16-10-20(14-28-11-16)26-31-32-27(34(26)23-21(38-5)8-7-9-22(23)39-6)33-41(36,37)19(4)24(40-15-18(3)35)25-29-12-17(2)13-30-25/h7-14,18-19,24,35H,15H2,1-6H3,(H,32,33)/t18?,19-,24-/m1/s1. The van der Waals surface area contributed by atoms with Crippen LogP contribution in [-0.4, -0.2) is 75.4 Å². The number of aliphatic hydroxyl groups is 1. The van der Waals surface area contributed by atoms with Crippen LogP contribution >= 0.6 is 0 Å². The van der Waals surface area contributed by atoms with Gasteiger partial charge in [-0.05, 0) is 57.0 Å². The van der Waals surface area contributed by atoms with E-state index in [1.165, 1.54) is 32.6 Å². The lowest BCUT2D eigenvalue weighted by atomic mass is 10.2. The number of nitrogens with one attached hydrogen (secondary N) is 1. The summed E-state index contributed by atoms with van der Waals surface area (Å²) in [6, 6.07) is 7.03. The molecule has 0 spiro atoms. The first-order valence-electron chi connectivity index (χ1n) is 12.7. The minimum atomic E-state index is -4.22. The van der Waals surface area contributed by atoms with E-state index in [0.717, 1.165) is 11.1 Å². The van der Waals surface area contributed by atoms with E-state index in [9.17, 15) is 13.5 Å². The van der Waals surface area contributed by atoms with E-state index in [4.69, 9.17) is 14.2 Å². The molecule has 0 radical (unpaired) electrons. The zero-order valence-electron chi connectivity index (χ0n) is 23.6. The van der Waals surface area contributed by atoms with Crippen LogP contribution in [0.15, 0.2) is 49.1 Å². The number of aliphatic hydroxyl groups excluding tert-OH is 1. The number of pyridine rings is 1. The van der Waals surface area contributed by atoms with Crippen LogP contribution in [0.25, 0.3) is 17.1 Å². The van der Waals surface area contributed by atoms with Gasteiger partial charge in [0.05, 0.1) is 26.9 Å². The molecule has 218 valence electrons. The molecule has 0 saturated carbocycles. The van der Waals surface area contributed by atoms with Gasteiger partial charge in [-0.15, -0.1) is 10.2 Å². The van der Waals surface area contributed by atoms with Gasteiger partial charge in [-0.2, -0.15) is 0 Å². The smallest absolute Gasteiger partial charge is 0.243 e. The summed E-state index contributed by atoms with van der Waals surface area (Å²) in [7, 11) is -1.23. The van der Waals surface area contributed by atoms with Gasteiger partial charge in [0.2, 0.25) is 16.0 Å². The molecule has 14 heteroatoms. The van der Waals surface area contributed by atoms with Gasteiger partial charge in [0.25, 0.3) is 0 Å². The predicted octanol–water partition coefficient (Wildman–Crippen LogP) is 3.02. The summed E-state index contributed by atoms with van der Waals surface area (Å²) in [4.78, 5) is 12.8. The topological polar surface area (TPSA) is 163 Å². The van der Waals surface area contributed by atoms with Crippen molar-refractivity contribution < 1.29 is 27.7 Å². The summed E-state index contributed by atoms with van der Waals surface area (Å²) in [5.74, 6) is 1.14. The number of benzene rings is 1. The number of aromatic nitrogens is 6. The molecule has 3 heterocycles. The second-order valence-electron chi connectivity index (χ2n) is 9.52. The molecule has 4 aromatic rings. The van der Waals surface area contributed by atoms with Crippen LogP contribution in [0, 0.1) is 13.8 Å². The zero-order valence-corrected chi connectivity index (χ0v) is 24.5. The number of hydrogen-bond acceptors (Lipinski definition) is 11. The van der Waals surface area contributed by atoms with Crippen molar-refractivity contribution in [1.29, 1.82) is 0 Å². The van der Waals surface area contributed by atoms with Crippen LogP contribution < -0.4 is 14.2 Å². The number of para-hydroxylation sites is 1. The Labute approximate surface area is 238 Å². The second-order valence-corrected chi connectivity index (χ2v) is 11.6. The minimum Gasteiger partial charge on any atom is -0.494 e. The molecule has 2 N–H and O–H groups in total. The number of nitrogens with zero attached hydrogens (tertiary/aromatic N) is 6. The van der Waals surface area contributed by atoms with Crippen molar-refractivity contribution in [2.45, 2.75) is 45.2 Å². The van der Waals surface area contributed by atoms with E-state index in [-0.39, 0.29) is 18.4 Å². The lowest BCUT2D eigenvalue weighted by molar-refractivity contribution is -0.00765. The van der Waals surface area contributed by atoms with E-state index in [0.29, 0.717) is 28.6 Å². The third kappa shape index (κ3) is 6.61. The Morgan fingerprint density at radius 1 is 0.976 bits per heavy atom. The van der Waals surface area contributed by atoms with E-state index in [1.807, 2.05) is 19.9 Å². The monoisotopic (exact) mass is 583 g/mol. The molecule has 3 aromatic heterocycles. The van der Waals surface area contributed by atoms with Crippen molar-refractivity contribution in [2.24, 2.45) is 0 Å². The lowest BCUT2D eigenvalue weighted by Crippen LogP contribution is -2.35. The Morgan fingerprint density at radius 3 is 2.22 bits per heavy atom. The number of hydrogen-bond donors (Lipinski definition) is 2. The maximum Gasteiger partial charge on any atom is 0.243 e. The normalized spacial score (nSPS) is 13.8. The number of methoxy groups -OCH3 is 2. The van der Waals surface area contributed by atoms with Gasteiger partial charge < -0.3 is 19.3 Å². The molecule has 0 aliphatic rings. The fourth-order valence-corrected chi connectivity index (χ4v) is 5.17. The highest BCUT2D eigenvalue weighted by Crippen LogP contribution is 2.38. The Bertz CT molecular complexity index is 1570. The molecule has 4 rings (SSSR count). The summed E-state index contributed by atoms with van der Waals surface area (Å²) in [6.45, 7) is 6.58. The first-order chi connectivity index (χ1) is 19.6. The molecule has 0 bridgehead atoms. The number of ether oxygens (including phenoxy) is 3. The molecule has 0 aliphatic heterocycles. The Kier molecular flexibility index (Phi) is 9.15. The van der Waals surface area contributed by atoms with Gasteiger partial charge in [-0.25, -0.2) is 18.4 Å². The van der Waals surface area contributed by atoms with E-state index >= 15 is 0 Å². The fourth-order valence-electron chi connectivity index (χ4n) is 4.07. The average molecular weight is 584 g/mol. The molecule has 0 aliphatic carbocycles. The van der Waals surface area contributed by atoms with Gasteiger partial charge in [0.1, 0.15) is 28.5 Å². The third-order valence-electron chi connectivity index (χ3n) is 6.14. The van der Waals surface area contributed by atoms with Crippen molar-refractivity contribution in [2.75, 3.05) is 25.5 Å². The largest absolute Gasteiger partial charge is 0.494 e. The number of rotatable bonds is 12. The molecule has 41 heavy (non-hydrogen) atoms. The summed E-state index contributed by atoms with van der Waals surface area (Å²) < 4.78 is 48.8. The highest BCUT2D eigenvalue weighted by molar-refractivity contribution is 7.93. The van der Waals surface area contributed by atoms with E-state index in [1.54, 1.807) is 43.0 Å². The molecular formula is C27H33N7O6S. The maximum atomic E-state index is 13.9. The first-order valence-corrected chi connectivity index (χ1v) is 14.3. The average Bonchev–Trinajstić information content (AvgIpc) is 3.35. The van der Waals surface area contributed by atoms with Gasteiger partial charge >= 0.3 is 0 Å². The molecule has 1 unspecified atom stereocenters. The maximum absolute atomic E-state index is 13.9. The molecule has 0 amide bonds. The van der Waals surface area contributed by atoms with Crippen molar-refractivity contribution >= 4 is 16.0 Å². The quantitative estimate of drug-likeness (QED) is 0.252.